The van der Waals surface area contributed by atoms with Gasteiger partial charge in [-0.3, -0.25) is 4.79 Å². The van der Waals surface area contributed by atoms with E-state index >= 15 is 0 Å². The van der Waals surface area contributed by atoms with Crippen LogP contribution in [0.25, 0.3) is 0 Å². The predicted molar refractivity (Wildman–Crippen MR) is 90.1 cm³/mol. The molecule has 0 aromatic heterocycles. The van der Waals surface area contributed by atoms with Crippen molar-refractivity contribution in [2.24, 2.45) is 0 Å². The van der Waals surface area contributed by atoms with Crippen molar-refractivity contribution in [3.63, 3.8) is 0 Å². The van der Waals surface area contributed by atoms with Crippen LogP contribution >= 0.6 is 0 Å². The van der Waals surface area contributed by atoms with Gasteiger partial charge >= 0.3 is 0 Å². The van der Waals surface area contributed by atoms with Crippen LogP contribution in [0, 0.1) is 13.8 Å². The highest BCUT2D eigenvalue weighted by Crippen LogP contribution is 2.22. The summed E-state index contributed by atoms with van der Waals surface area (Å²) in [5, 5.41) is 2.90. The molecule has 0 saturated carbocycles. The molecule has 0 aliphatic heterocycles. The minimum absolute atomic E-state index is 0.167. The quantitative estimate of drug-likeness (QED) is 0.828. The molecule has 0 heterocycles. The molecule has 2 aromatic rings. The maximum absolute atomic E-state index is 12.4. The van der Waals surface area contributed by atoms with E-state index in [1.165, 1.54) is 0 Å². The van der Waals surface area contributed by atoms with Crippen molar-refractivity contribution in [3.05, 3.63) is 53.6 Å². The SMILES string of the molecule is CC[C@@H](Oc1ccccc1C)C(=O)Nc1cccc(N)c1C. The third-order valence-corrected chi connectivity index (χ3v) is 3.66. The maximum Gasteiger partial charge on any atom is 0.265 e. The molecule has 4 heteroatoms. The zero-order valence-corrected chi connectivity index (χ0v) is 13.2. The maximum atomic E-state index is 12.4. The van der Waals surface area contributed by atoms with E-state index < -0.39 is 6.10 Å². The molecule has 4 nitrogen and oxygen atoms in total. The van der Waals surface area contributed by atoms with Crippen LogP contribution in [0.1, 0.15) is 24.5 Å². The molecule has 0 aliphatic carbocycles. The number of para-hydroxylation sites is 1. The molecule has 3 N–H and O–H groups in total. The lowest BCUT2D eigenvalue weighted by Crippen LogP contribution is -2.32. The van der Waals surface area contributed by atoms with Crippen LogP contribution in [0.4, 0.5) is 11.4 Å². The number of amides is 1. The summed E-state index contributed by atoms with van der Waals surface area (Å²) < 4.78 is 5.86. The van der Waals surface area contributed by atoms with Crippen molar-refractivity contribution in [3.8, 4) is 5.75 Å². The molecule has 22 heavy (non-hydrogen) atoms. The van der Waals surface area contributed by atoms with Gasteiger partial charge < -0.3 is 15.8 Å². The van der Waals surface area contributed by atoms with Gasteiger partial charge in [0.05, 0.1) is 0 Å². The fourth-order valence-electron chi connectivity index (χ4n) is 2.17. The lowest BCUT2D eigenvalue weighted by Gasteiger charge is -2.19. The number of rotatable bonds is 5. The Hall–Kier alpha value is -2.49. The molecular formula is C18H22N2O2. The van der Waals surface area contributed by atoms with Crippen LogP contribution in [0.2, 0.25) is 0 Å². The summed E-state index contributed by atoms with van der Waals surface area (Å²) in [5.74, 6) is 0.563. The summed E-state index contributed by atoms with van der Waals surface area (Å²) in [7, 11) is 0. The van der Waals surface area contributed by atoms with E-state index in [9.17, 15) is 4.79 Å². The Labute approximate surface area is 131 Å². The van der Waals surface area contributed by atoms with Crippen LogP contribution in [0.15, 0.2) is 42.5 Å². The summed E-state index contributed by atoms with van der Waals surface area (Å²) in [5.41, 5.74) is 9.11. The van der Waals surface area contributed by atoms with Crippen molar-refractivity contribution in [1.29, 1.82) is 0 Å². The van der Waals surface area contributed by atoms with Crippen molar-refractivity contribution in [2.45, 2.75) is 33.3 Å². The van der Waals surface area contributed by atoms with Crippen LogP contribution in [0.3, 0.4) is 0 Å². The molecular weight excluding hydrogens is 276 g/mol. The average Bonchev–Trinajstić information content (AvgIpc) is 2.51. The number of ether oxygens (including phenoxy) is 1. The molecule has 0 saturated heterocycles. The van der Waals surface area contributed by atoms with E-state index in [0.29, 0.717) is 12.1 Å². The minimum Gasteiger partial charge on any atom is -0.480 e. The number of benzene rings is 2. The Morgan fingerprint density at radius 1 is 1.18 bits per heavy atom. The van der Waals surface area contributed by atoms with Gasteiger partial charge in [0.15, 0.2) is 6.10 Å². The minimum atomic E-state index is -0.540. The lowest BCUT2D eigenvalue weighted by molar-refractivity contribution is -0.122. The molecule has 2 rings (SSSR count). The van der Waals surface area contributed by atoms with E-state index in [4.69, 9.17) is 10.5 Å². The molecule has 1 atom stereocenters. The van der Waals surface area contributed by atoms with Gasteiger partial charge in [-0.05, 0) is 49.6 Å². The van der Waals surface area contributed by atoms with Crippen LogP contribution < -0.4 is 15.8 Å². The third kappa shape index (κ3) is 3.58. The zero-order valence-electron chi connectivity index (χ0n) is 13.2. The number of hydrogen-bond donors (Lipinski definition) is 2. The summed E-state index contributed by atoms with van der Waals surface area (Å²) in [6.45, 7) is 5.77. The number of nitrogen functional groups attached to an aromatic ring is 1. The second-order valence-corrected chi connectivity index (χ2v) is 5.29. The first kappa shape index (κ1) is 15.9. The standard InChI is InChI=1S/C18H22N2O2/c1-4-16(22-17-11-6-5-8-12(17)2)18(21)20-15-10-7-9-14(19)13(15)3/h5-11,16H,4,19H2,1-3H3,(H,20,21)/t16-/m1/s1. The molecule has 0 bridgehead atoms. The number of aryl methyl sites for hydroxylation is 1. The largest absolute Gasteiger partial charge is 0.480 e. The Morgan fingerprint density at radius 2 is 1.91 bits per heavy atom. The highest BCUT2D eigenvalue weighted by atomic mass is 16.5. The number of carbonyl (C=O) groups is 1. The fraction of sp³-hybridized carbons (Fsp3) is 0.278. The van der Waals surface area contributed by atoms with E-state index in [1.807, 2.05) is 63.2 Å². The van der Waals surface area contributed by atoms with Gasteiger partial charge in [-0.25, -0.2) is 0 Å². The summed E-state index contributed by atoms with van der Waals surface area (Å²) in [4.78, 5) is 12.4. The first-order chi connectivity index (χ1) is 10.5. The number of carbonyl (C=O) groups excluding carboxylic acids is 1. The molecule has 2 aromatic carbocycles. The Morgan fingerprint density at radius 3 is 2.59 bits per heavy atom. The number of anilines is 2. The number of nitrogens with two attached hydrogens (primary N) is 1. The van der Waals surface area contributed by atoms with Crippen molar-refractivity contribution >= 4 is 17.3 Å². The van der Waals surface area contributed by atoms with Gasteiger partial charge in [-0.2, -0.15) is 0 Å². The third-order valence-electron chi connectivity index (χ3n) is 3.66. The molecule has 1 amide bonds. The lowest BCUT2D eigenvalue weighted by atomic mass is 10.1. The van der Waals surface area contributed by atoms with Crippen molar-refractivity contribution in [2.75, 3.05) is 11.1 Å². The number of hydrogen-bond acceptors (Lipinski definition) is 3. The van der Waals surface area contributed by atoms with Gasteiger partial charge in [-0.15, -0.1) is 0 Å². The first-order valence-corrected chi connectivity index (χ1v) is 7.41. The van der Waals surface area contributed by atoms with Crippen molar-refractivity contribution < 1.29 is 9.53 Å². The second-order valence-electron chi connectivity index (χ2n) is 5.29. The van der Waals surface area contributed by atoms with Crippen LogP contribution in [0.5, 0.6) is 5.75 Å². The van der Waals surface area contributed by atoms with Gasteiger partial charge in [0, 0.05) is 11.4 Å². The van der Waals surface area contributed by atoms with Crippen LogP contribution in [-0.2, 0) is 4.79 Å². The average molecular weight is 298 g/mol. The Kier molecular flexibility index (Phi) is 5.04. The molecule has 0 radical (unpaired) electrons. The monoisotopic (exact) mass is 298 g/mol. The molecule has 116 valence electrons. The van der Waals surface area contributed by atoms with Gasteiger partial charge in [0.1, 0.15) is 5.75 Å². The van der Waals surface area contributed by atoms with Gasteiger partial charge in [-0.1, -0.05) is 31.2 Å². The van der Waals surface area contributed by atoms with E-state index in [1.54, 1.807) is 0 Å². The fourth-order valence-corrected chi connectivity index (χ4v) is 2.17. The second kappa shape index (κ2) is 6.98. The van der Waals surface area contributed by atoms with Crippen LogP contribution in [-0.4, -0.2) is 12.0 Å². The normalized spacial score (nSPS) is 11.8. The molecule has 0 fully saturated rings. The number of nitrogens with one attached hydrogen (secondary N) is 1. The first-order valence-electron chi connectivity index (χ1n) is 7.41. The molecule has 0 spiro atoms. The summed E-state index contributed by atoms with van der Waals surface area (Å²) in [6.07, 6.45) is 0.0450. The summed E-state index contributed by atoms with van der Waals surface area (Å²) >= 11 is 0. The van der Waals surface area contributed by atoms with E-state index in [0.717, 1.165) is 22.6 Å². The Bertz CT molecular complexity index is 668. The molecule has 0 unspecified atom stereocenters. The highest BCUT2D eigenvalue weighted by molar-refractivity contribution is 5.95. The highest BCUT2D eigenvalue weighted by Gasteiger charge is 2.20. The molecule has 0 aliphatic rings. The zero-order chi connectivity index (χ0) is 16.1. The smallest absolute Gasteiger partial charge is 0.265 e. The predicted octanol–water partition coefficient (Wildman–Crippen LogP) is 3.68. The van der Waals surface area contributed by atoms with Gasteiger partial charge in [0.2, 0.25) is 0 Å². The topological polar surface area (TPSA) is 64.3 Å². The van der Waals surface area contributed by atoms with E-state index in [-0.39, 0.29) is 5.91 Å². The summed E-state index contributed by atoms with van der Waals surface area (Å²) in [6, 6.07) is 13.1. The van der Waals surface area contributed by atoms with E-state index in [2.05, 4.69) is 5.32 Å². The Balaban J connectivity index is 2.12. The van der Waals surface area contributed by atoms with Gasteiger partial charge in [0.25, 0.3) is 5.91 Å². The van der Waals surface area contributed by atoms with Crippen molar-refractivity contribution in [1.82, 2.24) is 0 Å².